The zero-order valence-electron chi connectivity index (χ0n) is 24.7. The fraction of sp³-hybridized carbons (Fsp3) is 0.324. The van der Waals surface area contributed by atoms with E-state index in [0.717, 1.165) is 36.8 Å². The van der Waals surface area contributed by atoms with E-state index in [-0.39, 0.29) is 29.5 Å². The van der Waals surface area contributed by atoms with Crippen LogP contribution in [0.15, 0.2) is 77.5 Å². The molecule has 2 fully saturated rings. The van der Waals surface area contributed by atoms with Gasteiger partial charge < -0.3 is 20.3 Å². The number of hydrogen-bond donors (Lipinski definition) is 2. The van der Waals surface area contributed by atoms with E-state index in [2.05, 4.69) is 21.7 Å². The molecule has 2 aromatic carbocycles. The van der Waals surface area contributed by atoms with Gasteiger partial charge in [0.15, 0.2) is 0 Å². The summed E-state index contributed by atoms with van der Waals surface area (Å²) in [7, 11) is 0. The largest absolute Gasteiger partial charge is 0.457 e. The summed E-state index contributed by atoms with van der Waals surface area (Å²) in [4.78, 5) is 48.4. The quantitative estimate of drug-likeness (QED) is 0.263. The molecule has 11 heteroatoms. The first-order chi connectivity index (χ1) is 21.9. The maximum atomic E-state index is 13.8. The van der Waals surface area contributed by atoms with E-state index in [1.165, 1.54) is 11.8 Å². The second-order valence-electron chi connectivity index (χ2n) is 11.8. The van der Waals surface area contributed by atoms with Crippen molar-refractivity contribution in [3.63, 3.8) is 0 Å². The Kier molecular flexibility index (Phi) is 7.67. The van der Waals surface area contributed by atoms with Crippen molar-refractivity contribution in [3.05, 3.63) is 83.6 Å². The van der Waals surface area contributed by atoms with Crippen molar-refractivity contribution < 1.29 is 19.1 Å². The molecular weight excluding hydrogens is 588 g/mol. The number of thioether (sulfide) groups is 1. The van der Waals surface area contributed by atoms with Gasteiger partial charge in [-0.3, -0.25) is 14.5 Å². The van der Waals surface area contributed by atoms with Gasteiger partial charge in [0.25, 0.3) is 5.91 Å². The number of benzene rings is 2. The minimum atomic E-state index is -0.621. The number of carbonyl (C=O) groups is 3. The summed E-state index contributed by atoms with van der Waals surface area (Å²) in [6, 6.07) is 17.8. The first-order valence-corrected chi connectivity index (χ1v) is 16.1. The third-order valence-electron chi connectivity index (χ3n) is 8.66. The normalized spacial score (nSPS) is 22.3. The number of allylic oxidation sites excluding steroid dienone is 1. The maximum Gasteiger partial charge on any atom is 0.327 e. The van der Waals surface area contributed by atoms with Gasteiger partial charge in [-0.25, -0.2) is 9.78 Å². The second-order valence-corrected chi connectivity index (χ2v) is 12.9. The summed E-state index contributed by atoms with van der Waals surface area (Å²) >= 11 is 1.34. The van der Waals surface area contributed by atoms with Crippen LogP contribution in [-0.4, -0.2) is 52.1 Å². The average molecular weight is 621 g/mol. The lowest BCUT2D eigenvalue weighted by molar-refractivity contribution is -0.129. The fourth-order valence-corrected chi connectivity index (χ4v) is 7.46. The number of likely N-dealkylation sites (tertiary alicyclic amines) is 1. The van der Waals surface area contributed by atoms with Crippen LogP contribution in [0, 0.1) is 24.2 Å². The van der Waals surface area contributed by atoms with Crippen LogP contribution in [0.3, 0.4) is 0 Å². The van der Waals surface area contributed by atoms with Crippen LogP contribution in [0.5, 0.6) is 11.5 Å². The molecule has 4 amide bonds. The van der Waals surface area contributed by atoms with E-state index in [9.17, 15) is 19.6 Å². The lowest BCUT2D eigenvalue weighted by atomic mass is 9.98. The topological polar surface area (TPSA) is 128 Å². The molecule has 3 aliphatic heterocycles. The van der Waals surface area contributed by atoms with Crippen LogP contribution < -0.4 is 20.3 Å². The number of nitrogens with zero attached hydrogens (tertiary/aromatic N) is 4. The van der Waals surface area contributed by atoms with E-state index in [4.69, 9.17) is 4.74 Å². The van der Waals surface area contributed by atoms with Crippen LogP contribution in [0.1, 0.15) is 42.9 Å². The molecule has 10 nitrogen and oxygen atoms in total. The van der Waals surface area contributed by atoms with Crippen LogP contribution in [-0.2, 0) is 9.59 Å². The molecule has 4 aliphatic rings. The number of urea groups is 1. The predicted octanol–water partition coefficient (Wildman–Crippen LogP) is 5.53. The lowest BCUT2D eigenvalue weighted by Crippen LogP contribution is -2.54. The Morgan fingerprint density at radius 3 is 2.71 bits per heavy atom. The Balaban J connectivity index is 1.09. The Hall–Kier alpha value is -4.82. The van der Waals surface area contributed by atoms with Crippen LogP contribution in [0.4, 0.5) is 16.2 Å². The highest BCUT2D eigenvalue weighted by Crippen LogP contribution is 2.51. The Morgan fingerprint density at radius 1 is 1.11 bits per heavy atom. The summed E-state index contributed by atoms with van der Waals surface area (Å²) in [5.41, 5.74) is 3.14. The van der Waals surface area contributed by atoms with Gasteiger partial charge in [0.2, 0.25) is 5.91 Å². The smallest absolute Gasteiger partial charge is 0.327 e. The molecule has 1 aromatic heterocycles. The number of hydrogen-bond acceptors (Lipinski definition) is 7. The first kappa shape index (κ1) is 28.9. The number of amides is 4. The van der Waals surface area contributed by atoms with Crippen molar-refractivity contribution in [3.8, 4) is 17.6 Å². The van der Waals surface area contributed by atoms with E-state index < -0.39 is 11.3 Å². The van der Waals surface area contributed by atoms with E-state index >= 15 is 0 Å². The average Bonchev–Trinajstić information content (AvgIpc) is 3.80. The number of carbonyl (C=O) groups excluding carboxylic acids is 3. The second kappa shape index (κ2) is 11.9. The zero-order chi connectivity index (χ0) is 31.1. The molecule has 4 heterocycles. The van der Waals surface area contributed by atoms with Crippen molar-refractivity contribution >= 4 is 41.0 Å². The summed E-state index contributed by atoms with van der Waals surface area (Å²) in [5, 5.41) is 15.8. The molecule has 1 saturated heterocycles. The molecule has 3 atom stereocenters. The van der Waals surface area contributed by atoms with Gasteiger partial charge in [-0.2, -0.15) is 5.26 Å². The van der Waals surface area contributed by atoms with Crippen molar-refractivity contribution in [2.24, 2.45) is 5.92 Å². The minimum absolute atomic E-state index is 0.187. The van der Waals surface area contributed by atoms with Crippen LogP contribution >= 0.6 is 11.8 Å². The zero-order valence-corrected chi connectivity index (χ0v) is 25.5. The third kappa shape index (κ3) is 5.62. The van der Waals surface area contributed by atoms with Gasteiger partial charge in [-0.05, 0) is 68.9 Å². The SMILES string of the molecule is Cc1c(Oc2ccccc2)cccc1N1C(=O)NC2c3c1ccnc3S[C@H]2C(=O)NC1CCCN(C(=O)/C(C#N)=C/C2CC2)C1. The predicted molar refractivity (Wildman–Crippen MR) is 169 cm³/mol. The molecule has 0 bridgehead atoms. The van der Waals surface area contributed by atoms with Gasteiger partial charge in [0.1, 0.15) is 33.4 Å². The van der Waals surface area contributed by atoms with Gasteiger partial charge in [0.05, 0.1) is 17.4 Å². The monoisotopic (exact) mass is 620 g/mol. The summed E-state index contributed by atoms with van der Waals surface area (Å²) in [5.74, 6) is 1.16. The molecule has 2 N–H and O–H groups in total. The number of aromatic nitrogens is 1. The summed E-state index contributed by atoms with van der Waals surface area (Å²) in [6.07, 6.45) is 6.92. The lowest BCUT2D eigenvalue weighted by Gasteiger charge is -2.36. The molecule has 45 heavy (non-hydrogen) atoms. The van der Waals surface area contributed by atoms with Gasteiger partial charge in [-0.15, -0.1) is 0 Å². The van der Waals surface area contributed by atoms with Crippen LogP contribution in [0.25, 0.3) is 0 Å². The molecule has 1 aliphatic carbocycles. The number of nitrogens with one attached hydrogen (secondary N) is 2. The molecule has 3 aromatic rings. The summed E-state index contributed by atoms with van der Waals surface area (Å²) in [6.45, 7) is 2.81. The first-order valence-electron chi connectivity index (χ1n) is 15.2. The number of piperidine rings is 1. The molecule has 0 radical (unpaired) electrons. The third-order valence-corrected chi connectivity index (χ3v) is 9.95. The maximum absolute atomic E-state index is 13.8. The van der Waals surface area contributed by atoms with Crippen molar-refractivity contribution in [1.29, 1.82) is 5.26 Å². The molecule has 7 rings (SSSR count). The fourth-order valence-electron chi connectivity index (χ4n) is 6.22. The van der Waals surface area contributed by atoms with E-state index in [1.54, 1.807) is 22.1 Å². The number of rotatable bonds is 7. The molecule has 1 saturated carbocycles. The Labute approximate surface area is 265 Å². The highest BCUT2D eigenvalue weighted by molar-refractivity contribution is 8.01. The van der Waals surface area contributed by atoms with E-state index in [1.807, 2.05) is 61.5 Å². The van der Waals surface area contributed by atoms with Crippen molar-refractivity contribution in [2.45, 2.75) is 55.0 Å². The number of anilines is 2. The van der Waals surface area contributed by atoms with Crippen molar-refractivity contribution in [2.75, 3.05) is 18.0 Å². The molecule has 0 spiro atoms. The number of nitriles is 1. The minimum Gasteiger partial charge on any atom is -0.457 e. The Morgan fingerprint density at radius 2 is 1.93 bits per heavy atom. The number of para-hydroxylation sites is 1. The van der Waals surface area contributed by atoms with Crippen LogP contribution in [0.2, 0.25) is 0 Å². The highest BCUT2D eigenvalue weighted by Gasteiger charge is 2.47. The molecule has 2 unspecified atom stereocenters. The van der Waals surface area contributed by atoms with Gasteiger partial charge in [0, 0.05) is 36.5 Å². The number of pyridine rings is 1. The van der Waals surface area contributed by atoms with Gasteiger partial charge >= 0.3 is 6.03 Å². The summed E-state index contributed by atoms with van der Waals surface area (Å²) < 4.78 is 6.13. The molecule has 228 valence electrons. The molecular formula is C34H32N6O4S. The van der Waals surface area contributed by atoms with Gasteiger partial charge in [-0.1, -0.05) is 42.1 Å². The standard InChI is InChI=1S/C34H32N6O4S/c1-20-25(10-5-11-27(20)44-24-8-3-2-4-9-24)40-26-14-15-36-32-28(26)29(38-34(40)43)30(45-32)31(41)37-23-7-6-16-39(19-23)33(42)22(18-35)17-21-12-13-21/h2-5,8-11,14-15,17,21,23,29-30H,6-7,12-13,16,19H2,1H3,(H,37,41)(H,38,43)/b22-17+/t23?,29?,30-/m1/s1. The van der Waals surface area contributed by atoms with Crippen molar-refractivity contribution in [1.82, 2.24) is 20.5 Å². The highest BCUT2D eigenvalue weighted by atomic mass is 32.2. The Bertz CT molecular complexity index is 1750. The number of ether oxygens (including phenoxy) is 1. The van der Waals surface area contributed by atoms with E-state index in [0.29, 0.717) is 46.9 Å².